The van der Waals surface area contributed by atoms with Crippen LogP contribution in [0.2, 0.25) is 0 Å². The largest absolute Gasteiger partial charge is 0.480 e. The highest BCUT2D eigenvalue weighted by Gasteiger charge is 2.28. The molecule has 4 heteroatoms. The van der Waals surface area contributed by atoms with Crippen molar-refractivity contribution in [3.8, 4) is 0 Å². The monoisotopic (exact) mass is 201 g/mol. The van der Waals surface area contributed by atoms with E-state index in [1.54, 1.807) is 0 Å². The number of hydrogen-bond acceptors (Lipinski definition) is 3. The molecular formula is C10H19NO3. The molecule has 14 heavy (non-hydrogen) atoms. The van der Waals surface area contributed by atoms with Gasteiger partial charge in [-0.05, 0) is 31.2 Å². The minimum absolute atomic E-state index is 0.229. The second-order valence-corrected chi connectivity index (χ2v) is 4.07. The molecule has 0 heterocycles. The van der Waals surface area contributed by atoms with Gasteiger partial charge in [-0.2, -0.15) is 0 Å². The second kappa shape index (κ2) is 5.32. The van der Waals surface area contributed by atoms with Crippen LogP contribution in [0.1, 0.15) is 19.8 Å². The van der Waals surface area contributed by atoms with Crippen molar-refractivity contribution >= 4 is 5.97 Å². The highest BCUT2D eigenvalue weighted by molar-refractivity contribution is 5.73. The topological polar surface area (TPSA) is 58.6 Å². The van der Waals surface area contributed by atoms with Gasteiger partial charge < -0.3 is 15.2 Å². The fourth-order valence-corrected chi connectivity index (χ4v) is 1.54. The predicted molar refractivity (Wildman–Crippen MR) is 53.2 cm³/mol. The van der Waals surface area contributed by atoms with Crippen LogP contribution in [0.4, 0.5) is 0 Å². The molecule has 1 fully saturated rings. The summed E-state index contributed by atoms with van der Waals surface area (Å²) in [5.74, 6) is 0.544. The van der Waals surface area contributed by atoms with Gasteiger partial charge in [0.25, 0.3) is 0 Å². The zero-order valence-electron chi connectivity index (χ0n) is 8.82. The third kappa shape index (κ3) is 3.64. The van der Waals surface area contributed by atoms with Gasteiger partial charge in [-0.3, -0.25) is 4.79 Å². The predicted octanol–water partition coefficient (Wildman–Crippen LogP) is 0.722. The fourth-order valence-electron chi connectivity index (χ4n) is 1.54. The minimum atomic E-state index is -0.838. The van der Waals surface area contributed by atoms with E-state index < -0.39 is 12.0 Å². The first-order valence-corrected chi connectivity index (χ1v) is 5.10. The highest BCUT2D eigenvalue weighted by Crippen LogP contribution is 2.36. The third-order valence-electron chi connectivity index (χ3n) is 2.74. The van der Waals surface area contributed by atoms with E-state index in [2.05, 4.69) is 12.2 Å². The number of rotatable bonds is 7. The normalized spacial score (nSPS) is 20.4. The van der Waals surface area contributed by atoms with E-state index in [4.69, 9.17) is 9.84 Å². The van der Waals surface area contributed by atoms with E-state index in [1.807, 2.05) is 0 Å². The van der Waals surface area contributed by atoms with Crippen molar-refractivity contribution in [2.24, 2.45) is 11.8 Å². The van der Waals surface area contributed by atoms with E-state index >= 15 is 0 Å². The number of ether oxygens (including phenoxy) is 1. The van der Waals surface area contributed by atoms with E-state index in [-0.39, 0.29) is 6.61 Å². The van der Waals surface area contributed by atoms with Crippen LogP contribution in [0.5, 0.6) is 0 Å². The molecule has 1 saturated carbocycles. The van der Waals surface area contributed by atoms with Crippen LogP contribution in [-0.4, -0.2) is 37.4 Å². The Hall–Kier alpha value is -0.610. The van der Waals surface area contributed by atoms with Gasteiger partial charge in [0.1, 0.15) is 6.04 Å². The van der Waals surface area contributed by atoms with Gasteiger partial charge in [-0.15, -0.1) is 0 Å². The standard InChI is InChI=1S/C10H19NO3/c1-7(8-3-4-8)5-11-9(6-14-2)10(12)13/h7-9,11H,3-6H2,1-2H3,(H,12,13). The highest BCUT2D eigenvalue weighted by atomic mass is 16.5. The molecule has 4 nitrogen and oxygen atoms in total. The molecule has 0 aliphatic heterocycles. The van der Waals surface area contributed by atoms with E-state index in [0.717, 1.165) is 12.5 Å². The third-order valence-corrected chi connectivity index (χ3v) is 2.74. The Morgan fingerprint density at radius 3 is 2.71 bits per heavy atom. The molecular weight excluding hydrogens is 182 g/mol. The lowest BCUT2D eigenvalue weighted by Gasteiger charge is -2.16. The van der Waals surface area contributed by atoms with E-state index in [1.165, 1.54) is 20.0 Å². The maximum atomic E-state index is 10.7. The van der Waals surface area contributed by atoms with Gasteiger partial charge in [0.05, 0.1) is 6.61 Å². The average molecular weight is 201 g/mol. The Labute approximate surface area is 84.6 Å². The van der Waals surface area contributed by atoms with Gasteiger partial charge >= 0.3 is 5.97 Å². The molecule has 2 N–H and O–H groups in total. The summed E-state index contributed by atoms with van der Waals surface area (Å²) in [5.41, 5.74) is 0. The number of carboxylic acid groups (broad SMARTS) is 1. The Kier molecular flexibility index (Phi) is 4.35. The molecule has 1 aliphatic rings. The summed E-state index contributed by atoms with van der Waals surface area (Å²) in [5, 5.41) is 11.8. The lowest BCUT2D eigenvalue weighted by Crippen LogP contribution is -2.42. The van der Waals surface area contributed by atoms with Crippen molar-refractivity contribution < 1.29 is 14.6 Å². The molecule has 1 rings (SSSR count). The summed E-state index contributed by atoms with van der Waals surface area (Å²) in [6.45, 7) is 3.16. The molecule has 1 aliphatic carbocycles. The fraction of sp³-hybridized carbons (Fsp3) is 0.900. The van der Waals surface area contributed by atoms with E-state index in [9.17, 15) is 4.79 Å². The molecule has 2 atom stereocenters. The smallest absolute Gasteiger partial charge is 0.323 e. The lowest BCUT2D eigenvalue weighted by molar-refractivity contribution is -0.140. The van der Waals surface area contributed by atoms with Gasteiger partial charge in [0, 0.05) is 7.11 Å². The quantitative estimate of drug-likeness (QED) is 0.637. The van der Waals surface area contributed by atoms with Crippen molar-refractivity contribution in [2.45, 2.75) is 25.8 Å². The number of methoxy groups -OCH3 is 1. The Morgan fingerprint density at radius 2 is 2.29 bits per heavy atom. The van der Waals surface area contributed by atoms with Crippen molar-refractivity contribution in [2.75, 3.05) is 20.3 Å². The first-order chi connectivity index (χ1) is 6.65. The zero-order chi connectivity index (χ0) is 10.6. The molecule has 0 saturated heterocycles. The number of hydrogen-bond donors (Lipinski definition) is 2. The lowest BCUT2D eigenvalue weighted by atomic mass is 10.1. The summed E-state index contributed by atoms with van der Waals surface area (Å²) < 4.78 is 4.83. The summed E-state index contributed by atoms with van der Waals surface area (Å²) in [7, 11) is 1.52. The summed E-state index contributed by atoms with van der Waals surface area (Å²) in [6, 6.07) is -0.568. The number of carbonyl (C=O) groups is 1. The first-order valence-electron chi connectivity index (χ1n) is 5.10. The van der Waals surface area contributed by atoms with Crippen LogP contribution in [0, 0.1) is 11.8 Å². The first kappa shape index (κ1) is 11.5. The second-order valence-electron chi connectivity index (χ2n) is 4.07. The Bertz CT molecular complexity index is 192. The molecule has 0 bridgehead atoms. The maximum Gasteiger partial charge on any atom is 0.323 e. The van der Waals surface area contributed by atoms with Crippen LogP contribution < -0.4 is 5.32 Å². The number of carboxylic acids is 1. The number of nitrogens with one attached hydrogen (secondary N) is 1. The van der Waals surface area contributed by atoms with Crippen molar-refractivity contribution in [3.05, 3.63) is 0 Å². The van der Waals surface area contributed by atoms with Crippen molar-refractivity contribution in [1.29, 1.82) is 0 Å². The molecule has 0 radical (unpaired) electrons. The maximum absolute atomic E-state index is 10.7. The molecule has 0 amide bonds. The van der Waals surface area contributed by atoms with Crippen molar-refractivity contribution in [3.63, 3.8) is 0 Å². The SMILES string of the molecule is COCC(NCC(C)C1CC1)C(=O)O. The molecule has 0 aromatic heterocycles. The van der Waals surface area contributed by atoms with Gasteiger partial charge in [0.2, 0.25) is 0 Å². The summed E-state index contributed by atoms with van der Waals surface area (Å²) in [6.07, 6.45) is 2.59. The van der Waals surface area contributed by atoms with Gasteiger partial charge in [-0.1, -0.05) is 6.92 Å². The molecule has 82 valence electrons. The van der Waals surface area contributed by atoms with Crippen molar-refractivity contribution in [1.82, 2.24) is 5.32 Å². The molecule has 0 spiro atoms. The zero-order valence-corrected chi connectivity index (χ0v) is 8.82. The van der Waals surface area contributed by atoms with Crippen LogP contribution >= 0.6 is 0 Å². The Morgan fingerprint density at radius 1 is 1.64 bits per heavy atom. The molecule has 0 aromatic carbocycles. The minimum Gasteiger partial charge on any atom is -0.480 e. The molecule has 2 unspecified atom stereocenters. The Balaban J connectivity index is 2.20. The number of aliphatic carboxylic acids is 1. The average Bonchev–Trinajstić information content (AvgIpc) is 2.94. The van der Waals surface area contributed by atoms with Gasteiger partial charge in [-0.25, -0.2) is 0 Å². The van der Waals surface area contributed by atoms with Crippen LogP contribution in [-0.2, 0) is 9.53 Å². The van der Waals surface area contributed by atoms with Gasteiger partial charge in [0.15, 0.2) is 0 Å². The van der Waals surface area contributed by atoms with E-state index in [0.29, 0.717) is 5.92 Å². The van der Waals surface area contributed by atoms with Crippen LogP contribution in [0.3, 0.4) is 0 Å². The summed E-state index contributed by atoms with van der Waals surface area (Å²) >= 11 is 0. The molecule has 0 aromatic rings. The summed E-state index contributed by atoms with van der Waals surface area (Å²) in [4.78, 5) is 10.7. The van der Waals surface area contributed by atoms with Crippen LogP contribution in [0.25, 0.3) is 0 Å². The van der Waals surface area contributed by atoms with Crippen LogP contribution in [0.15, 0.2) is 0 Å².